The summed E-state index contributed by atoms with van der Waals surface area (Å²) in [6.45, 7) is 0.813. The minimum Gasteiger partial charge on any atom is -0.481 e. The molecule has 0 unspecified atom stereocenters. The van der Waals surface area contributed by atoms with Gasteiger partial charge in [0.2, 0.25) is 0 Å². The smallest absolute Gasteiger partial charge is 0.308 e. The van der Waals surface area contributed by atoms with Crippen LogP contribution in [0.3, 0.4) is 0 Å². The fraction of sp³-hybridized carbons (Fsp3) is 0.364. The average molecular weight is 273 g/mol. The van der Waals surface area contributed by atoms with Gasteiger partial charge >= 0.3 is 5.97 Å². The highest BCUT2D eigenvalue weighted by atomic mass is 35.5. The Labute approximate surface area is 110 Å². The predicted molar refractivity (Wildman–Crippen MR) is 67.1 cm³/mol. The lowest BCUT2D eigenvalue weighted by atomic mass is 9.88. The third-order valence-electron chi connectivity index (χ3n) is 3.06. The molecule has 7 heteroatoms. The topological polar surface area (TPSA) is 92.5 Å². The maximum absolute atomic E-state index is 11.1. The van der Waals surface area contributed by atoms with E-state index >= 15 is 0 Å². The first-order chi connectivity index (χ1) is 8.11. The van der Waals surface area contributed by atoms with Gasteiger partial charge in [-0.25, -0.2) is 0 Å². The van der Waals surface area contributed by atoms with E-state index in [0.717, 1.165) is 0 Å². The lowest BCUT2D eigenvalue weighted by Crippen LogP contribution is -2.21. The number of rotatable bonds is 3. The summed E-state index contributed by atoms with van der Waals surface area (Å²) in [5, 5.41) is 22.9. The summed E-state index contributed by atoms with van der Waals surface area (Å²) in [6, 6.07) is 6.32. The van der Waals surface area contributed by atoms with Gasteiger partial charge in [0.15, 0.2) is 0 Å². The van der Waals surface area contributed by atoms with Crippen molar-refractivity contribution < 1.29 is 14.8 Å². The zero-order valence-corrected chi connectivity index (χ0v) is 10.2. The molecule has 1 saturated heterocycles. The third-order valence-corrected chi connectivity index (χ3v) is 3.06. The number of hydrogen-bond donors (Lipinski definition) is 2. The molecule has 1 fully saturated rings. The zero-order chi connectivity index (χ0) is 12.4. The van der Waals surface area contributed by atoms with Gasteiger partial charge in [-0.05, 0) is 0 Å². The Morgan fingerprint density at radius 1 is 1.39 bits per heavy atom. The van der Waals surface area contributed by atoms with E-state index in [2.05, 4.69) is 5.32 Å². The van der Waals surface area contributed by atoms with E-state index < -0.39 is 16.8 Å². The Bertz CT molecular complexity index is 466. The minimum absolute atomic E-state index is 0. The fourth-order valence-corrected chi connectivity index (χ4v) is 2.23. The molecule has 0 radical (unpaired) electrons. The second-order valence-electron chi connectivity index (χ2n) is 4.03. The molecule has 0 spiro atoms. The second-order valence-corrected chi connectivity index (χ2v) is 4.03. The van der Waals surface area contributed by atoms with E-state index in [0.29, 0.717) is 18.7 Å². The van der Waals surface area contributed by atoms with E-state index in [1.165, 1.54) is 6.07 Å². The standard InChI is InChI=1S/C11H12N2O4.ClH/c14-11(15)9-6-12-5-8(9)7-3-1-2-4-10(7)13(16)17;/h1-4,8-9,12H,5-6H2,(H,14,15);1H/t8-,9+;/m1./s1. The van der Waals surface area contributed by atoms with Gasteiger partial charge in [0.05, 0.1) is 10.8 Å². The molecule has 2 N–H and O–H groups in total. The number of carbonyl (C=O) groups is 1. The molecule has 2 rings (SSSR count). The molecule has 0 amide bonds. The van der Waals surface area contributed by atoms with Gasteiger partial charge in [-0.3, -0.25) is 14.9 Å². The average Bonchev–Trinajstić information content (AvgIpc) is 2.77. The quantitative estimate of drug-likeness (QED) is 0.641. The van der Waals surface area contributed by atoms with Gasteiger partial charge in [-0.15, -0.1) is 12.4 Å². The molecular weight excluding hydrogens is 260 g/mol. The normalized spacial score (nSPS) is 22.2. The number of nitrogens with zero attached hydrogens (tertiary/aromatic N) is 1. The second kappa shape index (κ2) is 5.79. The monoisotopic (exact) mass is 272 g/mol. The summed E-state index contributed by atoms with van der Waals surface area (Å²) in [5.41, 5.74) is 0.488. The number of carboxylic acid groups (broad SMARTS) is 1. The van der Waals surface area contributed by atoms with Crippen molar-refractivity contribution >= 4 is 24.1 Å². The number of benzene rings is 1. The molecule has 0 bridgehead atoms. The predicted octanol–water partition coefficient (Wildman–Crippen LogP) is 1.40. The number of para-hydroxylation sites is 1. The van der Waals surface area contributed by atoms with Crippen molar-refractivity contribution in [3.8, 4) is 0 Å². The van der Waals surface area contributed by atoms with Crippen LogP contribution in [0.25, 0.3) is 0 Å². The third kappa shape index (κ3) is 2.60. The molecule has 18 heavy (non-hydrogen) atoms. The molecule has 1 aromatic carbocycles. The Hall–Kier alpha value is -1.66. The minimum atomic E-state index is -0.918. The number of nitro benzene ring substituents is 1. The highest BCUT2D eigenvalue weighted by Crippen LogP contribution is 2.34. The largest absolute Gasteiger partial charge is 0.481 e. The van der Waals surface area contributed by atoms with Crippen LogP contribution in [-0.4, -0.2) is 29.1 Å². The summed E-state index contributed by atoms with van der Waals surface area (Å²) in [6.07, 6.45) is 0. The van der Waals surface area contributed by atoms with E-state index in [1.54, 1.807) is 18.2 Å². The van der Waals surface area contributed by atoms with Crippen molar-refractivity contribution in [1.82, 2.24) is 5.32 Å². The van der Waals surface area contributed by atoms with Crippen molar-refractivity contribution in [2.24, 2.45) is 5.92 Å². The van der Waals surface area contributed by atoms with Crippen molar-refractivity contribution in [1.29, 1.82) is 0 Å². The van der Waals surface area contributed by atoms with Gasteiger partial charge < -0.3 is 10.4 Å². The van der Waals surface area contributed by atoms with Gasteiger partial charge in [-0.1, -0.05) is 18.2 Å². The van der Waals surface area contributed by atoms with Crippen LogP contribution in [0.4, 0.5) is 5.69 Å². The van der Waals surface area contributed by atoms with E-state index in [1.807, 2.05) is 0 Å². The highest BCUT2D eigenvalue weighted by Gasteiger charge is 2.37. The van der Waals surface area contributed by atoms with E-state index in [-0.39, 0.29) is 24.0 Å². The molecule has 1 aliphatic heterocycles. The summed E-state index contributed by atoms with van der Waals surface area (Å²) in [4.78, 5) is 21.5. The zero-order valence-electron chi connectivity index (χ0n) is 9.41. The van der Waals surface area contributed by atoms with Crippen LogP contribution in [-0.2, 0) is 4.79 Å². The SMILES string of the molecule is Cl.O=C(O)[C@H]1CNC[C@@H]1c1ccccc1[N+](=O)[O-]. The van der Waals surface area contributed by atoms with Crippen molar-refractivity contribution in [2.75, 3.05) is 13.1 Å². The summed E-state index contributed by atoms with van der Waals surface area (Å²) in [5.74, 6) is -1.86. The molecule has 6 nitrogen and oxygen atoms in total. The first-order valence-electron chi connectivity index (χ1n) is 5.28. The number of carboxylic acids is 1. The van der Waals surface area contributed by atoms with Crippen LogP contribution >= 0.6 is 12.4 Å². The van der Waals surface area contributed by atoms with Crippen LogP contribution < -0.4 is 5.32 Å². The Morgan fingerprint density at radius 3 is 2.67 bits per heavy atom. The summed E-state index contributed by atoms with van der Waals surface area (Å²) >= 11 is 0. The van der Waals surface area contributed by atoms with Crippen molar-refractivity contribution in [2.45, 2.75) is 5.92 Å². The number of halogens is 1. The van der Waals surface area contributed by atoms with Crippen LogP contribution in [0.5, 0.6) is 0 Å². The summed E-state index contributed by atoms with van der Waals surface area (Å²) in [7, 11) is 0. The van der Waals surface area contributed by atoms with Crippen molar-refractivity contribution in [3.63, 3.8) is 0 Å². The van der Waals surface area contributed by atoms with Crippen molar-refractivity contribution in [3.05, 3.63) is 39.9 Å². The van der Waals surface area contributed by atoms with Gasteiger partial charge in [0, 0.05) is 30.6 Å². The molecule has 0 saturated carbocycles. The molecule has 0 aromatic heterocycles. The Morgan fingerprint density at radius 2 is 2.06 bits per heavy atom. The summed E-state index contributed by atoms with van der Waals surface area (Å²) < 4.78 is 0. The highest BCUT2D eigenvalue weighted by molar-refractivity contribution is 5.85. The van der Waals surface area contributed by atoms with Crippen LogP contribution in [0.15, 0.2) is 24.3 Å². The first kappa shape index (κ1) is 14.4. The maximum Gasteiger partial charge on any atom is 0.308 e. The Balaban J connectivity index is 0.00000162. The molecule has 98 valence electrons. The molecule has 1 aromatic rings. The molecule has 1 heterocycles. The molecule has 2 atom stereocenters. The number of hydrogen-bond acceptors (Lipinski definition) is 4. The van der Waals surface area contributed by atoms with Crippen LogP contribution in [0.1, 0.15) is 11.5 Å². The number of nitro groups is 1. The van der Waals surface area contributed by atoms with Gasteiger partial charge in [-0.2, -0.15) is 0 Å². The lowest BCUT2D eigenvalue weighted by molar-refractivity contribution is -0.385. The first-order valence-corrected chi connectivity index (χ1v) is 5.28. The lowest BCUT2D eigenvalue weighted by Gasteiger charge is -2.14. The molecular formula is C11H13ClN2O4. The number of nitrogens with one attached hydrogen (secondary N) is 1. The molecule has 0 aliphatic carbocycles. The maximum atomic E-state index is 11.1. The molecule has 1 aliphatic rings. The van der Waals surface area contributed by atoms with Crippen LogP contribution in [0, 0.1) is 16.0 Å². The van der Waals surface area contributed by atoms with E-state index in [4.69, 9.17) is 5.11 Å². The van der Waals surface area contributed by atoms with Gasteiger partial charge in [0.25, 0.3) is 5.69 Å². The van der Waals surface area contributed by atoms with E-state index in [9.17, 15) is 14.9 Å². The van der Waals surface area contributed by atoms with Gasteiger partial charge in [0.1, 0.15) is 0 Å². The number of aliphatic carboxylic acids is 1. The van der Waals surface area contributed by atoms with Crippen LogP contribution in [0.2, 0.25) is 0 Å². The fourth-order valence-electron chi connectivity index (χ4n) is 2.23. The Kier molecular flexibility index (Phi) is 4.63.